The van der Waals surface area contributed by atoms with Crippen LogP contribution in [0.5, 0.6) is 0 Å². The highest BCUT2D eigenvalue weighted by atomic mass is 16.5. The van der Waals surface area contributed by atoms with Crippen molar-refractivity contribution in [2.24, 2.45) is 4.99 Å². The van der Waals surface area contributed by atoms with E-state index in [0.29, 0.717) is 45.6 Å². The van der Waals surface area contributed by atoms with E-state index < -0.39 is 24.1 Å². The van der Waals surface area contributed by atoms with Gasteiger partial charge in [0.2, 0.25) is 5.91 Å². The van der Waals surface area contributed by atoms with Crippen molar-refractivity contribution in [1.29, 1.82) is 0 Å². The van der Waals surface area contributed by atoms with Crippen molar-refractivity contribution in [1.82, 2.24) is 31.1 Å². The molecule has 1 atom stereocenters. The van der Waals surface area contributed by atoms with Gasteiger partial charge in [-0.25, -0.2) is 14.4 Å². The van der Waals surface area contributed by atoms with Crippen LogP contribution < -0.4 is 21.3 Å². The summed E-state index contributed by atoms with van der Waals surface area (Å²) in [5.41, 5.74) is 0.762. The molecule has 0 radical (unpaired) electrons. The van der Waals surface area contributed by atoms with E-state index in [4.69, 9.17) is 4.74 Å². The number of rotatable bonds is 10. The molecule has 0 aromatic heterocycles. The van der Waals surface area contributed by atoms with E-state index >= 15 is 0 Å². The number of hydrogen-bond donors (Lipinski definition) is 5. The molecular weight excluding hydrogens is 470 g/mol. The number of piperazine rings is 1. The van der Waals surface area contributed by atoms with E-state index in [9.17, 15) is 24.3 Å². The van der Waals surface area contributed by atoms with Crippen LogP contribution in [0.1, 0.15) is 18.4 Å². The maximum absolute atomic E-state index is 12.5. The molecule has 1 aromatic rings. The number of nitrogens with one attached hydrogen (secondary N) is 4. The minimum atomic E-state index is -1.35. The van der Waals surface area contributed by atoms with Gasteiger partial charge >= 0.3 is 18.1 Å². The second-order valence-electron chi connectivity index (χ2n) is 8.34. The number of alkyl carbamates (subject to hydrolysis) is 1. The Morgan fingerprint density at radius 3 is 2.47 bits per heavy atom. The predicted molar refractivity (Wildman–Crippen MR) is 130 cm³/mol. The maximum Gasteiger partial charge on any atom is 0.408 e. The SMILES string of the molecule is O=C(NC(CNC(=O)N1CCN(C(=O)CCCNC2=NCCN2)CC1)C(=O)O)OCc1ccccc1. The molecule has 0 aliphatic carbocycles. The van der Waals surface area contributed by atoms with Gasteiger partial charge in [0, 0.05) is 45.7 Å². The number of amides is 4. The van der Waals surface area contributed by atoms with Crippen molar-refractivity contribution in [2.75, 3.05) is 52.4 Å². The fourth-order valence-electron chi connectivity index (χ4n) is 3.69. The summed E-state index contributed by atoms with van der Waals surface area (Å²) in [6, 6.07) is 7.17. The highest BCUT2D eigenvalue weighted by molar-refractivity contribution is 5.82. The highest BCUT2D eigenvalue weighted by Crippen LogP contribution is 2.06. The minimum absolute atomic E-state index is 0.00260. The Morgan fingerprint density at radius 2 is 1.81 bits per heavy atom. The molecule has 4 amide bonds. The Morgan fingerprint density at radius 1 is 1.08 bits per heavy atom. The van der Waals surface area contributed by atoms with E-state index in [0.717, 1.165) is 24.6 Å². The molecule has 36 heavy (non-hydrogen) atoms. The van der Waals surface area contributed by atoms with Crippen molar-refractivity contribution < 1.29 is 29.0 Å². The number of benzene rings is 1. The lowest BCUT2D eigenvalue weighted by Gasteiger charge is -2.35. The molecule has 0 saturated carbocycles. The summed E-state index contributed by atoms with van der Waals surface area (Å²) < 4.78 is 5.04. The van der Waals surface area contributed by atoms with Crippen LogP contribution >= 0.6 is 0 Å². The average molecular weight is 504 g/mol. The number of aliphatic carboxylic acids is 1. The number of carbonyl (C=O) groups excluding carboxylic acids is 3. The van der Waals surface area contributed by atoms with Crippen molar-refractivity contribution in [3.05, 3.63) is 35.9 Å². The van der Waals surface area contributed by atoms with Gasteiger partial charge in [-0.1, -0.05) is 30.3 Å². The van der Waals surface area contributed by atoms with E-state index in [1.807, 2.05) is 6.07 Å². The molecule has 1 fully saturated rings. The standard InChI is InChI=1S/C23H33N7O6/c31-19(7-4-8-24-21-25-9-10-26-21)29-11-13-30(14-12-29)22(34)27-15-18(20(32)33)28-23(35)36-16-17-5-2-1-3-6-17/h1-3,5-6,18H,4,7-16H2,(H,27,34)(H,28,35)(H,32,33)(H2,24,25,26). The fourth-order valence-corrected chi connectivity index (χ4v) is 3.69. The molecule has 1 unspecified atom stereocenters. The molecule has 1 saturated heterocycles. The zero-order valence-corrected chi connectivity index (χ0v) is 20.1. The summed E-state index contributed by atoms with van der Waals surface area (Å²) in [7, 11) is 0. The smallest absolute Gasteiger partial charge is 0.408 e. The van der Waals surface area contributed by atoms with Crippen LogP contribution in [0.2, 0.25) is 0 Å². The lowest BCUT2D eigenvalue weighted by Crippen LogP contribution is -2.55. The molecule has 1 aromatic carbocycles. The van der Waals surface area contributed by atoms with Gasteiger partial charge in [-0.2, -0.15) is 0 Å². The lowest BCUT2D eigenvalue weighted by atomic mass is 10.2. The summed E-state index contributed by atoms with van der Waals surface area (Å²) in [4.78, 5) is 55.9. The van der Waals surface area contributed by atoms with Crippen LogP contribution in [0, 0.1) is 0 Å². The van der Waals surface area contributed by atoms with Gasteiger partial charge in [-0.15, -0.1) is 0 Å². The third-order valence-corrected chi connectivity index (χ3v) is 5.71. The molecule has 13 heteroatoms. The number of carboxylic acids is 1. The summed E-state index contributed by atoms with van der Waals surface area (Å²) in [5, 5.41) is 20.4. The topological polar surface area (TPSA) is 165 Å². The van der Waals surface area contributed by atoms with Gasteiger partial charge in [-0.05, 0) is 12.0 Å². The van der Waals surface area contributed by atoms with Crippen LogP contribution in [-0.4, -0.2) is 103 Å². The van der Waals surface area contributed by atoms with E-state index in [2.05, 4.69) is 26.3 Å². The number of guanidine groups is 1. The predicted octanol–water partition coefficient (Wildman–Crippen LogP) is -0.451. The number of nitrogens with zero attached hydrogens (tertiary/aromatic N) is 3. The zero-order valence-electron chi connectivity index (χ0n) is 20.1. The van der Waals surface area contributed by atoms with Crippen molar-refractivity contribution >= 4 is 30.0 Å². The van der Waals surface area contributed by atoms with Crippen LogP contribution in [0.25, 0.3) is 0 Å². The molecule has 2 heterocycles. The number of carboxylic acid groups (broad SMARTS) is 1. The summed E-state index contributed by atoms with van der Waals surface area (Å²) in [5.74, 6) is -0.499. The Bertz CT molecular complexity index is 934. The van der Waals surface area contributed by atoms with E-state index in [1.54, 1.807) is 29.2 Å². The van der Waals surface area contributed by atoms with Crippen molar-refractivity contribution in [2.45, 2.75) is 25.5 Å². The number of ether oxygens (including phenoxy) is 1. The maximum atomic E-state index is 12.5. The molecule has 3 rings (SSSR count). The fraction of sp³-hybridized carbons (Fsp3) is 0.522. The number of carbonyl (C=O) groups is 4. The molecule has 13 nitrogen and oxygen atoms in total. The number of urea groups is 1. The first-order valence-corrected chi connectivity index (χ1v) is 11.9. The summed E-state index contributed by atoms with van der Waals surface area (Å²) in [6.07, 6.45) is 0.187. The van der Waals surface area contributed by atoms with Gasteiger partial charge < -0.3 is 40.9 Å². The van der Waals surface area contributed by atoms with E-state index in [-0.39, 0.29) is 19.1 Å². The monoisotopic (exact) mass is 503 g/mol. The Hall–Kier alpha value is -4.03. The molecule has 5 N–H and O–H groups in total. The second-order valence-corrected chi connectivity index (χ2v) is 8.34. The van der Waals surface area contributed by atoms with Crippen LogP contribution in [0.15, 0.2) is 35.3 Å². The van der Waals surface area contributed by atoms with Gasteiger partial charge in [-0.3, -0.25) is 9.79 Å². The largest absolute Gasteiger partial charge is 0.480 e. The van der Waals surface area contributed by atoms with Crippen LogP contribution in [0.3, 0.4) is 0 Å². The minimum Gasteiger partial charge on any atom is -0.480 e. The first-order valence-electron chi connectivity index (χ1n) is 11.9. The first kappa shape index (κ1) is 26.6. The molecule has 0 spiro atoms. The molecule has 2 aliphatic heterocycles. The van der Waals surface area contributed by atoms with Crippen molar-refractivity contribution in [3.63, 3.8) is 0 Å². The summed E-state index contributed by atoms with van der Waals surface area (Å²) in [6.45, 7) is 3.40. The Balaban J connectivity index is 1.32. The number of hydrogen-bond acceptors (Lipinski definition) is 8. The van der Waals surface area contributed by atoms with E-state index in [1.165, 1.54) is 4.90 Å². The normalized spacial score (nSPS) is 15.8. The highest BCUT2D eigenvalue weighted by Gasteiger charge is 2.26. The second kappa shape index (κ2) is 13.8. The van der Waals surface area contributed by atoms with Crippen LogP contribution in [-0.2, 0) is 20.9 Å². The molecule has 0 bridgehead atoms. The van der Waals surface area contributed by atoms with Gasteiger partial charge in [0.15, 0.2) is 5.96 Å². The zero-order chi connectivity index (χ0) is 25.8. The van der Waals surface area contributed by atoms with Gasteiger partial charge in [0.05, 0.1) is 13.1 Å². The quantitative estimate of drug-likeness (QED) is 0.268. The summed E-state index contributed by atoms with van der Waals surface area (Å²) >= 11 is 0. The molecule has 2 aliphatic rings. The third-order valence-electron chi connectivity index (χ3n) is 5.71. The van der Waals surface area contributed by atoms with Crippen LogP contribution in [0.4, 0.5) is 9.59 Å². The molecule has 196 valence electrons. The molecular formula is C23H33N7O6. The van der Waals surface area contributed by atoms with Crippen molar-refractivity contribution in [3.8, 4) is 0 Å². The first-order chi connectivity index (χ1) is 17.4. The average Bonchev–Trinajstić information content (AvgIpc) is 3.41. The Labute approximate surface area is 209 Å². The Kier molecular flexibility index (Phi) is 10.2. The van der Waals surface area contributed by atoms with Gasteiger partial charge in [0.25, 0.3) is 0 Å². The number of aliphatic imine (C=N–C) groups is 1. The van der Waals surface area contributed by atoms with Gasteiger partial charge in [0.1, 0.15) is 12.6 Å². The lowest BCUT2D eigenvalue weighted by molar-refractivity contribution is -0.139. The third kappa shape index (κ3) is 8.64.